The van der Waals surface area contributed by atoms with Crippen LogP contribution in [0.3, 0.4) is 0 Å². The molecule has 1 unspecified atom stereocenters. The Balaban J connectivity index is 2.58. The summed E-state index contributed by atoms with van der Waals surface area (Å²) in [6, 6.07) is 0. The van der Waals surface area contributed by atoms with Crippen molar-refractivity contribution in [3.8, 4) is 0 Å². The summed E-state index contributed by atoms with van der Waals surface area (Å²) in [4.78, 5) is 8.39. The number of methoxy groups -OCH3 is 1. The van der Waals surface area contributed by atoms with E-state index in [0.29, 0.717) is 11.9 Å². The van der Waals surface area contributed by atoms with Gasteiger partial charge in [0.05, 0.1) is 11.1 Å². The fraction of sp³-hybridized carbons (Fsp3) is 0.600. The molecule has 2 N–H and O–H groups in total. The van der Waals surface area contributed by atoms with Gasteiger partial charge in [-0.1, -0.05) is 6.92 Å². The summed E-state index contributed by atoms with van der Waals surface area (Å²) in [6.45, 7) is 3.66. The number of nitrogens with one attached hydrogen (secondary N) is 2. The molecule has 0 amide bonds. The van der Waals surface area contributed by atoms with E-state index in [1.54, 1.807) is 20.4 Å². The minimum atomic E-state index is 0.435. The normalized spacial score (nSPS) is 12.2. The summed E-state index contributed by atoms with van der Waals surface area (Å²) in [6.07, 6.45) is 1.72. The molecule has 6 heteroatoms. The monoisotopic (exact) mass is 288 g/mol. The van der Waals surface area contributed by atoms with Crippen LogP contribution in [0.4, 0.5) is 11.8 Å². The Hall–Kier alpha value is -0.880. The molecule has 0 aliphatic heterocycles. The van der Waals surface area contributed by atoms with E-state index >= 15 is 0 Å². The van der Waals surface area contributed by atoms with Crippen LogP contribution >= 0.6 is 15.9 Å². The molecule has 0 saturated heterocycles. The second kappa shape index (κ2) is 6.65. The highest BCUT2D eigenvalue weighted by molar-refractivity contribution is 9.10. The van der Waals surface area contributed by atoms with Crippen molar-refractivity contribution in [2.75, 3.05) is 37.9 Å². The second-order valence-electron chi connectivity index (χ2n) is 3.58. The van der Waals surface area contributed by atoms with Gasteiger partial charge in [0.2, 0.25) is 5.95 Å². The lowest BCUT2D eigenvalue weighted by Crippen LogP contribution is -2.17. The van der Waals surface area contributed by atoms with Crippen molar-refractivity contribution in [3.05, 3.63) is 10.7 Å². The zero-order chi connectivity index (χ0) is 12.0. The lowest BCUT2D eigenvalue weighted by molar-refractivity contribution is 0.164. The van der Waals surface area contributed by atoms with E-state index in [1.165, 1.54) is 0 Å². The van der Waals surface area contributed by atoms with Crippen molar-refractivity contribution in [2.24, 2.45) is 5.92 Å². The molecule has 0 spiro atoms. The Morgan fingerprint density at radius 2 is 2.31 bits per heavy atom. The summed E-state index contributed by atoms with van der Waals surface area (Å²) < 4.78 is 5.93. The molecule has 0 radical (unpaired) electrons. The number of anilines is 2. The van der Waals surface area contributed by atoms with Crippen molar-refractivity contribution < 1.29 is 4.74 Å². The molecule has 0 fully saturated rings. The molecule has 0 aliphatic rings. The van der Waals surface area contributed by atoms with Crippen molar-refractivity contribution >= 4 is 27.7 Å². The molecule has 0 aliphatic carbocycles. The van der Waals surface area contributed by atoms with Gasteiger partial charge in [-0.15, -0.1) is 0 Å². The van der Waals surface area contributed by atoms with Gasteiger partial charge in [-0.05, 0) is 21.8 Å². The van der Waals surface area contributed by atoms with Gasteiger partial charge in [0.15, 0.2) is 0 Å². The molecule has 1 aromatic heterocycles. The van der Waals surface area contributed by atoms with Crippen LogP contribution in [0.2, 0.25) is 0 Å². The highest BCUT2D eigenvalue weighted by Crippen LogP contribution is 2.20. The maximum atomic E-state index is 5.07. The van der Waals surface area contributed by atoms with Gasteiger partial charge in [0, 0.05) is 26.9 Å². The largest absolute Gasteiger partial charge is 0.384 e. The van der Waals surface area contributed by atoms with Crippen LogP contribution < -0.4 is 10.6 Å². The topological polar surface area (TPSA) is 59.1 Å². The molecule has 0 aromatic carbocycles. The van der Waals surface area contributed by atoms with Gasteiger partial charge >= 0.3 is 0 Å². The molecular formula is C10H17BrN4O. The lowest BCUT2D eigenvalue weighted by atomic mass is 10.2. The lowest BCUT2D eigenvalue weighted by Gasteiger charge is -2.13. The maximum absolute atomic E-state index is 5.07. The first-order valence-electron chi connectivity index (χ1n) is 5.10. The SMILES string of the molecule is CNc1ncc(Br)c(NCC(C)COC)n1. The summed E-state index contributed by atoms with van der Waals surface area (Å²) in [5.74, 6) is 1.83. The molecule has 5 nitrogen and oxygen atoms in total. The van der Waals surface area contributed by atoms with Gasteiger partial charge in [-0.2, -0.15) is 4.98 Å². The van der Waals surface area contributed by atoms with Crippen LogP contribution in [0, 0.1) is 5.92 Å². The number of rotatable bonds is 6. The fourth-order valence-corrected chi connectivity index (χ4v) is 1.56. The summed E-state index contributed by atoms with van der Waals surface area (Å²) in [5, 5.41) is 6.15. The number of hydrogen-bond donors (Lipinski definition) is 2. The highest BCUT2D eigenvalue weighted by atomic mass is 79.9. The summed E-state index contributed by atoms with van der Waals surface area (Å²) >= 11 is 3.40. The number of ether oxygens (including phenoxy) is 1. The smallest absolute Gasteiger partial charge is 0.224 e. The Bertz CT molecular complexity index is 335. The first-order chi connectivity index (χ1) is 7.67. The van der Waals surface area contributed by atoms with E-state index in [1.807, 2.05) is 0 Å². The average Bonchev–Trinajstić information content (AvgIpc) is 2.28. The molecule has 1 heterocycles. The van der Waals surface area contributed by atoms with Crippen LogP contribution in [0.25, 0.3) is 0 Å². The minimum Gasteiger partial charge on any atom is -0.384 e. The van der Waals surface area contributed by atoms with Crippen molar-refractivity contribution in [2.45, 2.75) is 6.92 Å². The fourth-order valence-electron chi connectivity index (χ4n) is 1.23. The summed E-state index contributed by atoms with van der Waals surface area (Å²) in [7, 11) is 3.50. The van der Waals surface area contributed by atoms with E-state index < -0.39 is 0 Å². The van der Waals surface area contributed by atoms with Crippen LogP contribution in [-0.2, 0) is 4.74 Å². The Labute approximate surface area is 104 Å². The predicted octanol–water partition coefficient (Wildman–Crippen LogP) is 1.98. The van der Waals surface area contributed by atoms with E-state index in [2.05, 4.69) is 43.5 Å². The van der Waals surface area contributed by atoms with E-state index in [4.69, 9.17) is 4.74 Å². The average molecular weight is 289 g/mol. The molecule has 0 saturated carbocycles. The van der Waals surface area contributed by atoms with Crippen molar-refractivity contribution in [3.63, 3.8) is 0 Å². The third-order valence-electron chi connectivity index (χ3n) is 2.04. The van der Waals surface area contributed by atoms with Crippen molar-refractivity contribution in [1.29, 1.82) is 0 Å². The van der Waals surface area contributed by atoms with Crippen LogP contribution in [0.1, 0.15) is 6.92 Å². The predicted molar refractivity (Wildman–Crippen MR) is 68.8 cm³/mol. The molecule has 1 rings (SSSR count). The minimum absolute atomic E-state index is 0.435. The number of hydrogen-bond acceptors (Lipinski definition) is 5. The molecule has 90 valence electrons. The maximum Gasteiger partial charge on any atom is 0.224 e. The van der Waals surface area contributed by atoms with Gasteiger partial charge in [-0.3, -0.25) is 0 Å². The third-order valence-corrected chi connectivity index (χ3v) is 2.62. The van der Waals surface area contributed by atoms with E-state index in [9.17, 15) is 0 Å². The Kier molecular flexibility index (Phi) is 5.48. The van der Waals surface area contributed by atoms with Gasteiger partial charge in [0.1, 0.15) is 5.82 Å². The second-order valence-corrected chi connectivity index (χ2v) is 4.44. The van der Waals surface area contributed by atoms with Crippen LogP contribution in [0.15, 0.2) is 10.7 Å². The standard InChI is InChI=1S/C10H17BrN4O/c1-7(6-16-3)4-13-9-8(11)5-14-10(12-2)15-9/h5,7H,4,6H2,1-3H3,(H2,12,13,14,15). The first-order valence-corrected chi connectivity index (χ1v) is 5.89. The molecule has 16 heavy (non-hydrogen) atoms. The Morgan fingerprint density at radius 1 is 1.56 bits per heavy atom. The summed E-state index contributed by atoms with van der Waals surface area (Å²) in [5.41, 5.74) is 0. The van der Waals surface area contributed by atoms with Gasteiger partial charge in [0.25, 0.3) is 0 Å². The van der Waals surface area contributed by atoms with Crippen LogP contribution in [-0.4, -0.2) is 37.3 Å². The Morgan fingerprint density at radius 3 is 2.94 bits per heavy atom. The zero-order valence-electron chi connectivity index (χ0n) is 9.75. The number of halogens is 1. The number of nitrogens with zero attached hydrogens (tertiary/aromatic N) is 2. The van der Waals surface area contributed by atoms with Gasteiger partial charge in [-0.25, -0.2) is 4.98 Å². The zero-order valence-corrected chi connectivity index (χ0v) is 11.3. The first kappa shape index (κ1) is 13.2. The third kappa shape index (κ3) is 3.94. The van der Waals surface area contributed by atoms with E-state index in [-0.39, 0.29) is 0 Å². The highest BCUT2D eigenvalue weighted by Gasteiger charge is 2.06. The van der Waals surface area contributed by atoms with E-state index in [0.717, 1.165) is 23.4 Å². The van der Waals surface area contributed by atoms with Crippen LogP contribution in [0.5, 0.6) is 0 Å². The number of aromatic nitrogens is 2. The molecule has 1 atom stereocenters. The molecule has 1 aromatic rings. The molecule has 0 bridgehead atoms. The molecular weight excluding hydrogens is 272 g/mol. The van der Waals surface area contributed by atoms with Crippen molar-refractivity contribution in [1.82, 2.24) is 9.97 Å². The quantitative estimate of drug-likeness (QED) is 0.838. The van der Waals surface area contributed by atoms with Gasteiger partial charge < -0.3 is 15.4 Å².